The van der Waals surface area contributed by atoms with E-state index in [9.17, 15) is 8.42 Å². The van der Waals surface area contributed by atoms with E-state index < -0.39 is 10.0 Å². The molecule has 2 aliphatic heterocycles. The smallest absolute Gasteiger partial charge is 0.216 e. The Hall–Kier alpha value is -1.18. The summed E-state index contributed by atoms with van der Waals surface area (Å²) < 4.78 is 33.7. The molecule has 1 saturated carbocycles. The molecule has 0 radical (unpaired) electrons. The number of hydrogen-bond donors (Lipinski definition) is 0. The van der Waals surface area contributed by atoms with Crippen LogP contribution in [0.15, 0.2) is 24.5 Å². The lowest BCUT2D eigenvalue weighted by Crippen LogP contribution is -2.51. The predicted molar refractivity (Wildman–Crippen MR) is 110 cm³/mol. The molecule has 0 bridgehead atoms. The van der Waals surface area contributed by atoms with Crippen LogP contribution in [0.5, 0.6) is 5.75 Å². The van der Waals surface area contributed by atoms with Crippen molar-refractivity contribution in [3.63, 3.8) is 0 Å². The van der Waals surface area contributed by atoms with Crippen molar-refractivity contribution in [1.29, 1.82) is 0 Å². The van der Waals surface area contributed by atoms with E-state index >= 15 is 0 Å². The Bertz CT molecular complexity index is 706. The highest BCUT2D eigenvalue weighted by atomic mass is 32.2. The number of ether oxygens (including phenoxy) is 1. The fourth-order valence-electron chi connectivity index (χ4n) is 5.00. The van der Waals surface area contributed by atoms with Gasteiger partial charge in [0.2, 0.25) is 10.0 Å². The number of pyridine rings is 1. The van der Waals surface area contributed by atoms with Gasteiger partial charge in [-0.3, -0.25) is 4.98 Å². The van der Waals surface area contributed by atoms with Crippen molar-refractivity contribution < 1.29 is 13.2 Å². The molecule has 0 aromatic carbocycles. The van der Waals surface area contributed by atoms with E-state index in [0.29, 0.717) is 19.1 Å². The first kappa shape index (κ1) is 20.1. The molecule has 3 fully saturated rings. The summed E-state index contributed by atoms with van der Waals surface area (Å²) in [6.07, 6.45) is 12.8. The van der Waals surface area contributed by atoms with Gasteiger partial charge in [-0.05, 0) is 50.7 Å². The van der Waals surface area contributed by atoms with Gasteiger partial charge in [0.05, 0.1) is 5.25 Å². The summed E-state index contributed by atoms with van der Waals surface area (Å²) in [6.45, 7) is 3.46. The first-order chi connectivity index (χ1) is 13.6. The van der Waals surface area contributed by atoms with E-state index in [2.05, 4.69) is 9.88 Å². The van der Waals surface area contributed by atoms with Gasteiger partial charge in [-0.1, -0.05) is 19.3 Å². The second kappa shape index (κ2) is 9.09. The lowest BCUT2D eigenvalue weighted by molar-refractivity contribution is 0.0584. The first-order valence-electron chi connectivity index (χ1n) is 10.9. The zero-order chi connectivity index (χ0) is 19.4. The number of nitrogens with zero attached hydrogens (tertiary/aromatic N) is 3. The van der Waals surface area contributed by atoms with Crippen LogP contribution in [0.25, 0.3) is 0 Å². The second-order valence-electron chi connectivity index (χ2n) is 8.47. The zero-order valence-corrected chi connectivity index (χ0v) is 17.5. The minimum absolute atomic E-state index is 0.126. The van der Waals surface area contributed by atoms with Crippen LogP contribution >= 0.6 is 0 Å². The molecule has 0 N–H and O–H groups in total. The molecule has 0 unspecified atom stereocenters. The molecule has 2 saturated heterocycles. The third kappa shape index (κ3) is 4.69. The van der Waals surface area contributed by atoms with Crippen LogP contribution in [-0.4, -0.2) is 66.2 Å². The first-order valence-corrected chi connectivity index (χ1v) is 12.4. The summed E-state index contributed by atoms with van der Waals surface area (Å²) in [7, 11) is -3.09. The maximum Gasteiger partial charge on any atom is 0.216 e. The molecule has 4 rings (SSSR count). The normalized spacial score (nSPS) is 25.0. The van der Waals surface area contributed by atoms with Crippen LogP contribution in [0.2, 0.25) is 0 Å². The SMILES string of the molecule is O=S(=O)(C1CCCCC1)N1CCC(N2CCC(Oc3ccncc3)CC2)CC1. The molecule has 1 aliphatic carbocycles. The predicted octanol–water partition coefficient (Wildman–Crippen LogP) is 3.05. The highest BCUT2D eigenvalue weighted by molar-refractivity contribution is 7.89. The highest BCUT2D eigenvalue weighted by Gasteiger charge is 2.37. The summed E-state index contributed by atoms with van der Waals surface area (Å²) in [4.78, 5) is 6.58. The quantitative estimate of drug-likeness (QED) is 0.751. The number of sulfonamides is 1. The molecule has 6 nitrogen and oxygen atoms in total. The third-order valence-electron chi connectivity index (χ3n) is 6.70. The monoisotopic (exact) mass is 407 g/mol. The molecular weight excluding hydrogens is 374 g/mol. The standard InChI is InChI=1S/C21H33N3O3S/c25-28(26,21-4-2-1-3-5-21)24-16-8-18(9-17-24)23-14-10-20(11-15-23)27-19-6-12-22-13-7-19/h6-7,12-13,18,20-21H,1-5,8-11,14-17H2. The van der Waals surface area contributed by atoms with Gasteiger partial charge >= 0.3 is 0 Å². The number of aromatic nitrogens is 1. The van der Waals surface area contributed by atoms with Crippen LogP contribution in [-0.2, 0) is 10.0 Å². The van der Waals surface area contributed by atoms with E-state index in [-0.39, 0.29) is 11.4 Å². The minimum Gasteiger partial charge on any atom is -0.490 e. The third-order valence-corrected chi connectivity index (χ3v) is 9.10. The Morgan fingerprint density at radius 3 is 2.14 bits per heavy atom. The topological polar surface area (TPSA) is 62.7 Å². The average molecular weight is 408 g/mol. The molecule has 1 aromatic heterocycles. The van der Waals surface area contributed by atoms with Gasteiger partial charge in [0, 0.05) is 44.6 Å². The molecule has 0 atom stereocenters. The number of rotatable bonds is 5. The van der Waals surface area contributed by atoms with Gasteiger partial charge in [0.1, 0.15) is 11.9 Å². The van der Waals surface area contributed by atoms with Crippen molar-refractivity contribution in [2.75, 3.05) is 26.2 Å². The van der Waals surface area contributed by atoms with Crippen molar-refractivity contribution in [2.45, 2.75) is 75.2 Å². The van der Waals surface area contributed by atoms with Gasteiger partial charge in [0.15, 0.2) is 0 Å². The molecule has 0 spiro atoms. The number of piperidine rings is 2. The molecule has 3 aliphatic rings. The van der Waals surface area contributed by atoms with Gasteiger partial charge in [-0.25, -0.2) is 12.7 Å². The Kier molecular flexibility index (Phi) is 6.53. The molecule has 7 heteroatoms. The van der Waals surface area contributed by atoms with Gasteiger partial charge in [-0.2, -0.15) is 0 Å². The number of hydrogen-bond acceptors (Lipinski definition) is 5. The largest absolute Gasteiger partial charge is 0.490 e. The molecule has 156 valence electrons. The molecule has 28 heavy (non-hydrogen) atoms. The van der Waals surface area contributed by atoms with Crippen LogP contribution in [0.4, 0.5) is 0 Å². The van der Waals surface area contributed by atoms with Crippen LogP contribution in [0.3, 0.4) is 0 Å². The summed E-state index contributed by atoms with van der Waals surface area (Å²) >= 11 is 0. The minimum atomic E-state index is -3.09. The number of likely N-dealkylation sites (tertiary alicyclic amines) is 1. The Morgan fingerprint density at radius 2 is 1.50 bits per heavy atom. The summed E-state index contributed by atoms with van der Waals surface area (Å²) in [5.41, 5.74) is 0. The van der Waals surface area contributed by atoms with E-state index in [1.165, 1.54) is 6.42 Å². The molecule has 0 amide bonds. The lowest BCUT2D eigenvalue weighted by Gasteiger charge is -2.42. The highest BCUT2D eigenvalue weighted by Crippen LogP contribution is 2.29. The fourth-order valence-corrected chi connectivity index (χ4v) is 7.07. The second-order valence-corrected chi connectivity index (χ2v) is 10.7. The molecular formula is C21H33N3O3S. The van der Waals surface area contributed by atoms with Crippen molar-refractivity contribution in [3.05, 3.63) is 24.5 Å². The molecule has 3 heterocycles. The zero-order valence-electron chi connectivity index (χ0n) is 16.7. The lowest BCUT2D eigenvalue weighted by atomic mass is 10.00. The maximum absolute atomic E-state index is 12.9. The van der Waals surface area contributed by atoms with Crippen LogP contribution in [0, 0.1) is 0 Å². The van der Waals surface area contributed by atoms with Gasteiger partial charge < -0.3 is 9.64 Å². The Balaban J connectivity index is 1.23. The van der Waals surface area contributed by atoms with Crippen molar-refractivity contribution in [3.8, 4) is 5.75 Å². The van der Waals surface area contributed by atoms with Crippen molar-refractivity contribution in [1.82, 2.24) is 14.2 Å². The van der Waals surface area contributed by atoms with E-state index in [0.717, 1.165) is 70.2 Å². The summed E-state index contributed by atoms with van der Waals surface area (Å²) in [6, 6.07) is 4.34. The summed E-state index contributed by atoms with van der Waals surface area (Å²) in [5.74, 6) is 0.898. The van der Waals surface area contributed by atoms with Gasteiger partial charge in [-0.15, -0.1) is 0 Å². The van der Waals surface area contributed by atoms with E-state index in [1.54, 1.807) is 16.7 Å². The Morgan fingerprint density at radius 1 is 0.857 bits per heavy atom. The summed E-state index contributed by atoms with van der Waals surface area (Å²) in [5, 5.41) is -0.126. The molecule has 1 aromatic rings. The Labute approximate surface area is 169 Å². The van der Waals surface area contributed by atoms with E-state index in [1.807, 2.05) is 12.1 Å². The van der Waals surface area contributed by atoms with Crippen LogP contribution < -0.4 is 4.74 Å². The van der Waals surface area contributed by atoms with Gasteiger partial charge in [0.25, 0.3) is 0 Å². The van der Waals surface area contributed by atoms with Crippen molar-refractivity contribution >= 4 is 10.0 Å². The fraction of sp³-hybridized carbons (Fsp3) is 0.762. The van der Waals surface area contributed by atoms with Crippen molar-refractivity contribution in [2.24, 2.45) is 0 Å². The van der Waals surface area contributed by atoms with Crippen LogP contribution in [0.1, 0.15) is 57.8 Å². The average Bonchev–Trinajstić information content (AvgIpc) is 2.76. The maximum atomic E-state index is 12.9. The van der Waals surface area contributed by atoms with E-state index in [4.69, 9.17) is 4.74 Å².